The van der Waals surface area contributed by atoms with Crippen molar-refractivity contribution in [2.75, 3.05) is 39.8 Å². The molecule has 2 fully saturated rings. The fourth-order valence-electron chi connectivity index (χ4n) is 2.30. The van der Waals surface area contributed by atoms with Crippen molar-refractivity contribution in [1.29, 1.82) is 0 Å². The summed E-state index contributed by atoms with van der Waals surface area (Å²) in [6.45, 7) is 5.06. The van der Waals surface area contributed by atoms with Crippen molar-refractivity contribution < 1.29 is 4.79 Å². The van der Waals surface area contributed by atoms with E-state index in [1.807, 2.05) is 4.90 Å². The Bertz CT molecular complexity index is 228. The molecule has 2 rings (SSSR count). The number of likely N-dealkylation sites (tertiary alicyclic amines) is 2. The Morgan fingerprint density at radius 2 is 2.13 bits per heavy atom. The molecule has 0 aromatic heterocycles. The number of nitrogens with zero attached hydrogens (tertiary/aromatic N) is 2. The minimum atomic E-state index is 0.134. The first-order chi connectivity index (χ1) is 7.25. The highest BCUT2D eigenvalue weighted by Crippen LogP contribution is 2.14. The molecule has 2 saturated heterocycles. The molecule has 0 aromatic carbocycles. The maximum atomic E-state index is 11.6. The lowest BCUT2D eigenvalue weighted by Crippen LogP contribution is -2.49. The summed E-state index contributed by atoms with van der Waals surface area (Å²) in [5.74, 6) is 0.647. The quantitative estimate of drug-likeness (QED) is 0.731. The Morgan fingerprint density at radius 3 is 2.73 bits per heavy atom. The molecule has 4 heteroatoms. The highest BCUT2D eigenvalue weighted by molar-refractivity contribution is 5.74. The number of nitrogens with one attached hydrogen (secondary N) is 1. The van der Waals surface area contributed by atoms with E-state index < -0.39 is 0 Å². The third kappa shape index (κ3) is 2.84. The number of amides is 2. The van der Waals surface area contributed by atoms with Crippen LogP contribution in [-0.2, 0) is 0 Å². The first kappa shape index (κ1) is 10.7. The van der Waals surface area contributed by atoms with Gasteiger partial charge in [-0.25, -0.2) is 4.79 Å². The highest BCUT2D eigenvalue weighted by atomic mass is 16.2. The van der Waals surface area contributed by atoms with Gasteiger partial charge in [-0.15, -0.1) is 0 Å². The summed E-state index contributed by atoms with van der Waals surface area (Å²) in [4.78, 5) is 15.8. The molecule has 2 aliphatic heterocycles. The van der Waals surface area contributed by atoms with Crippen LogP contribution in [0.25, 0.3) is 0 Å². The van der Waals surface area contributed by atoms with Gasteiger partial charge in [0.15, 0.2) is 0 Å². The molecule has 86 valence electrons. The third-order valence-electron chi connectivity index (χ3n) is 3.41. The summed E-state index contributed by atoms with van der Waals surface area (Å²) < 4.78 is 0. The monoisotopic (exact) mass is 211 g/mol. The minimum absolute atomic E-state index is 0.134. The van der Waals surface area contributed by atoms with Gasteiger partial charge in [-0.05, 0) is 38.8 Å². The molecule has 0 bridgehead atoms. The molecule has 1 unspecified atom stereocenters. The van der Waals surface area contributed by atoms with Crippen LogP contribution < -0.4 is 5.32 Å². The summed E-state index contributed by atoms with van der Waals surface area (Å²) in [7, 11) is 2.16. The fraction of sp³-hybridized carbons (Fsp3) is 0.909. The predicted molar refractivity (Wildman–Crippen MR) is 59.8 cm³/mol. The second-order valence-corrected chi connectivity index (χ2v) is 4.80. The van der Waals surface area contributed by atoms with E-state index in [1.165, 1.54) is 25.8 Å². The molecule has 2 heterocycles. The molecule has 2 aliphatic rings. The molecule has 15 heavy (non-hydrogen) atoms. The zero-order chi connectivity index (χ0) is 10.7. The van der Waals surface area contributed by atoms with Crippen LogP contribution in [0.5, 0.6) is 0 Å². The van der Waals surface area contributed by atoms with Crippen LogP contribution in [0.1, 0.15) is 19.3 Å². The van der Waals surface area contributed by atoms with E-state index >= 15 is 0 Å². The van der Waals surface area contributed by atoms with Gasteiger partial charge in [0.05, 0.1) is 0 Å². The van der Waals surface area contributed by atoms with Crippen LogP contribution in [0.15, 0.2) is 0 Å². The van der Waals surface area contributed by atoms with Crippen molar-refractivity contribution in [2.24, 2.45) is 5.92 Å². The number of hydrogen-bond donors (Lipinski definition) is 1. The molecule has 1 N–H and O–H groups in total. The van der Waals surface area contributed by atoms with Gasteiger partial charge in [0.25, 0.3) is 0 Å². The fourth-order valence-corrected chi connectivity index (χ4v) is 2.30. The Kier molecular flexibility index (Phi) is 3.46. The van der Waals surface area contributed by atoms with Crippen molar-refractivity contribution in [3.63, 3.8) is 0 Å². The van der Waals surface area contributed by atoms with E-state index in [9.17, 15) is 4.79 Å². The molecule has 0 radical (unpaired) electrons. The second-order valence-electron chi connectivity index (χ2n) is 4.80. The van der Waals surface area contributed by atoms with Gasteiger partial charge in [0.1, 0.15) is 0 Å². The van der Waals surface area contributed by atoms with Crippen molar-refractivity contribution in [3.05, 3.63) is 0 Å². The van der Waals surface area contributed by atoms with Gasteiger partial charge in [-0.2, -0.15) is 0 Å². The Morgan fingerprint density at radius 1 is 1.33 bits per heavy atom. The molecule has 2 amide bonds. The SMILES string of the molecule is CN1CCCC(CNC(=O)N2CCC2)C1. The number of rotatable bonds is 2. The van der Waals surface area contributed by atoms with Gasteiger partial charge < -0.3 is 15.1 Å². The van der Waals surface area contributed by atoms with Crippen molar-refractivity contribution in [1.82, 2.24) is 15.1 Å². The maximum absolute atomic E-state index is 11.6. The topological polar surface area (TPSA) is 35.6 Å². The summed E-state index contributed by atoms with van der Waals surface area (Å²) in [6, 6.07) is 0.134. The molecule has 0 saturated carbocycles. The highest BCUT2D eigenvalue weighted by Gasteiger charge is 2.22. The second kappa shape index (κ2) is 4.84. The van der Waals surface area contributed by atoms with E-state index in [1.54, 1.807) is 0 Å². The Hall–Kier alpha value is -0.770. The van der Waals surface area contributed by atoms with Crippen LogP contribution >= 0.6 is 0 Å². The van der Waals surface area contributed by atoms with Crippen LogP contribution in [-0.4, -0.2) is 55.6 Å². The largest absolute Gasteiger partial charge is 0.338 e. The van der Waals surface area contributed by atoms with Crippen LogP contribution in [0, 0.1) is 5.92 Å². The number of hydrogen-bond acceptors (Lipinski definition) is 2. The van der Waals surface area contributed by atoms with Crippen LogP contribution in [0.4, 0.5) is 4.79 Å². The van der Waals surface area contributed by atoms with Crippen molar-refractivity contribution >= 4 is 6.03 Å². The van der Waals surface area contributed by atoms with Gasteiger partial charge >= 0.3 is 6.03 Å². The van der Waals surface area contributed by atoms with Crippen LogP contribution in [0.2, 0.25) is 0 Å². The van der Waals surface area contributed by atoms with Crippen molar-refractivity contribution in [3.8, 4) is 0 Å². The molecule has 4 nitrogen and oxygen atoms in total. The van der Waals surface area contributed by atoms with Gasteiger partial charge in [0.2, 0.25) is 0 Å². The smallest absolute Gasteiger partial charge is 0.317 e. The standard InChI is InChI=1S/C11H21N3O/c1-13-5-2-4-10(9-13)8-12-11(15)14-6-3-7-14/h10H,2-9H2,1H3,(H,12,15). The lowest BCUT2D eigenvalue weighted by atomic mass is 9.98. The number of carbonyl (C=O) groups is 1. The summed E-state index contributed by atoms with van der Waals surface area (Å²) in [5.41, 5.74) is 0. The maximum Gasteiger partial charge on any atom is 0.317 e. The zero-order valence-electron chi connectivity index (χ0n) is 9.54. The van der Waals surface area contributed by atoms with Gasteiger partial charge in [0, 0.05) is 26.2 Å². The molecule has 0 spiro atoms. The first-order valence-corrected chi connectivity index (χ1v) is 5.97. The molecular formula is C11H21N3O. The Labute approximate surface area is 91.6 Å². The number of carbonyl (C=O) groups excluding carboxylic acids is 1. The van der Waals surface area contributed by atoms with E-state index in [2.05, 4.69) is 17.3 Å². The Balaban J connectivity index is 1.65. The lowest BCUT2D eigenvalue weighted by Gasteiger charge is -2.33. The van der Waals surface area contributed by atoms with E-state index in [-0.39, 0.29) is 6.03 Å². The van der Waals surface area contributed by atoms with E-state index in [0.717, 1.165) is 26.2 Å². The molecular weight excluding hydrogens is 190 g/mol. The third-order valence-corrected chi connectivity index (χ3v) is 3.41. The average Bonchev–Trinajstić information content (AvgIpc) is 2.12. The van der Waals surface area contributed by atoms with Gasteiger partial charge in [-0.3, -0.25) is 0 Å². The lowest BCUT2D eigenvalue weighted by molar-refractivity contribution is 0.159. The van der Waals surface area contributed by atoms with E-state index in [0.29, 0.717) is 5.92 Å². The summed E-state index contributed by atoms with van der Waals surface area (Å²) in [6.07, 6.45) is 3.69. The summed E-state index contributed by atoms with van der Waals surface area (Å²) in [5, 5.41) is 3.04. The molecule has 1 atom stereocenters. The average molecular weight is 211 g/mol. The molecule has 0 aromatic rings. The van der Waals surface area contributed by atoms with E-state index in [4.69, 9.17) is 0 Å². The zero-order valence-corrected chi connectivity index (χ0v) is 9.54. The minimum Gasteiger partial charge on any atom is -0.338 e. The summed E-state index contributed by atoms with van der Waals surface area (Å²) >= 11 is 0. The van der Waals surface area contributed by atoms with Gasteiger partial charge in [-0.1, -0.05) is 0 Å². The number of urea groups is 1. The number of piperidine rings is 1. The van der Waals surface area contributed by atoms with Crippen molar-refractivity contribution in [2.45, 2.75) is 19.3 Å². The molecule has 0 aliphatic carbocycles. The normalized spacial score (nSPS) is 27.3. The first-order valence-electron chi connectivity index (χ1n) is 5.97. The predicted octanol–water partition coefficient (Wildman–Crippen LogP) is 0.744. The van der Waals surface area contributed by atoms with Crippen LogP contribution in [0.3, 0.4) is 0 Å².